The van der Waals surface area contributed by atoms with E-state index in [9.17, 15) is 51.1 Å². The zero-order chi connectivity index (χ0) is 45.8. The molecule has 63 heavy (non-hydrogen) atoms. The molecule has 0 amide bonds. The first-order chi connectivity index (χ1) is 29.3. The molecule has 0 aromatic rings. The molecule has 10 N–H and O–H groups in total. The Morgan fingerprint density at radius 1 is 0.603 bits per heavy atom. The Morgan fingerprint density at radius 3 is 1.92 bits per heavy atom. The molecule has 0 bridgehead atoms. The first-order valence-electron chi connectivity index (χ1n) is 23.6. The molecule has 0 unspecified atom stereocenters. The molecule has 17 heteroatoms. The highest BCUT2D eigenvalue weighted by Gasteiger charge is 2.85. The lowest BCUT2D eigenvalue weighted by Gasteiger charge is -2.65. The largest absolute Gasteiger partial charge is 0.393 e. The molecule has 9 fully saturated rings. The average Bonchev–Trinajstić information content (AvgIpc) is 3.57. The van der Waals surface area contributed by atoms with Gasteiger partial charge in [0.15, 0.2) is 18.9 Å². The van der Waals surface area contributed by atoms with Crippen molar-refractivity contribution in [1.82, 2.24) is 0 Å². The van der Waals surface area contributed by atoms with Crippen LogP contribution in [-0.4, -0.2) is 180 Å². The van der Waals surface area contributed by atoms with Crippen LogP contribution >= 0.6 is 0 Å². The van der Waals surface area contributed by atoms with Crippen LogP contribution in [0, 0.1) is 44.8 Å². The number of fused-ring (bicyclic) bond motifs is 2. The monoisotopic (exact) mass is 901 g/mol. The first kappa shape index (κ1) is 47.4. The lowest BCUT2D eigenvalue weighted by molar-refractivity contribution is -0.366. The molecule has 5 aliphatic carbocycles. The minimum atomic E-state index is -1.67. The number of rotatable bonds is 8. The van der Waals surface area contributed by atoms with Gasteiger partial charge in [0.2, 0.25) is 0 Å². The Morgan fingerprint density at radius 2 is 1.25 bits per heavy atom. The molecule has 4 saturated heterocycles. The number of hydrogen-bond acceptors (Lipinski definition) is 17. The Hall–Kier alpha value is -0.680. The zero-order valence-electron chi connectivity index (χ0n) is 38.2. The number of aliphatic hydroxyl groups excluding tert-OH is 9. The van der Waals surface area contributed by atoms with Crippen molar-refractivity contribution in [3.8, 4) is 0 Å². The van der Waals surface area contributed by atoms with Crippen LogP contribution in [0.25, 0.3) is 0 Å². The van der Waals surface area contributed by atoms with Gasteiger partial charge in [-0.25, -0.2) is 0 Å². The number of hydrogen-bond donors (Lipinski definition) is 10. The Bertz CT molecular complexity index is 1700. The summed E-state index contributed by atoms with van der Waals surface area (Å²) >= 11 is 0. The molecule has 0 radical (unpaired) electrons. The summed E-state index contributed by atoms with van der Waals surface area (Å²) in [5.41, 5.74) is -3.35. The van der Waals surface area contributed by atoms with Gasteiger partial charge in [-0.05, 0) is 124 Å². The van der Waals surface area contributed by atoms with Crippen LogP contribution in [0.4, 0.5) is 0 Å². The van der Waals surface area contributed by atoms with E-state index in [1.165, 1.54) is 6.92 Å². The van der Waals surface area contributed by atoms with Gasteiger partial charge in [0.05, 0.1) is 54.9 Å². The highest BCUT2D eigenvalue weighted by atomic mass is 16.8. The van der Waals surface area contributed by atoms with E-state index >= 15 is 0 Å². The highest BCUT2D eigenvalue weighted by Crippen LogP contribution is 2.89. The van der Waals surface area contributed by atoms with E-state index in [2.05, 4.69) is 34.6 Å². The molecule has 9 aliphatic rings. The molecule has 4 aliphatic heterocycles. The van der Waals surface area contributed by atoms with Crippen LogP contribution in [0.15, 0.2) is 0 Å². The molecule has 0 aromatic heterocycles. The normalized spacial score (nSPS) is 59.0. The molecule has 17 nitrogen and oxygen atoms in total. The second-order valence-electron chi connectivity index (χ2n) is 23.4. The first-order valence-corrected chi connectivity index (χ1v) is 23.6. The second kappa shape index (κ2) is 15.7. The Balaban J connectivity index is 1.03. The highest BCUT2D eigenvalue weighted by molar-refractivity contribution is 5.33. The molecule has 25 atom stereocenters. The van der Waals surface area contributed by atoms with Crippen molar-refractivity contribution in [2.24, 2.45) is 44.8 Å². The Labute approximate surface area is 370 Å². The maximum atomic E-state index is 12.3. The van der Waals surface area contributed by atoms with Gasteiger partial charge in [-0.2, -0.15) is 0 Å². The van der Waals surface area contributed by atoms with Crippen LogP contribution in [0.1, 0.15) is 113 Å². The summed E-state index contributed by atoms with van der Waals surface area (Å²) in [5.74, 6) is -0.264. The molecule has 9 rings (SSSR count). The molecule has 4 heterocycles. The quantitative estimate of drug-likeness (QED) is 0.146. The van der Waals surface area contributed by atoms with E-state index in [0.717, 1.165) is 32.1 Å². The van der Waals surface area contributed by atoms with Crippen molar-refractivity contribution < 1.29 is 84.2 Å². The Kier molecular flexibility index (Phi) is 11.8. The van der Waals surface area contributed by atoms with E-state index in [1.54, 1.807) is 13.8 Å². The van der Waals surface area contributed by atoms with Gasteiger partial charge < -0.3 is 84.2 Å². The zero-order valence-corrected chi connectivity index (χ0v) is 38.2. The number of aliphatic hydroxyl groups is 10. The van der Waals surface area contributed by atoms with E-state index < -0.39 is 115 Å². The molecular formula is C46H76O17. The molecule has 5 saturated carbocycles. The van der Waals surface area contributed by atoms with E-state index in [0.29, 0.717) is 25.7 Å². The molecule has 2 spiro atoms. The third-order valence-corrected chi connectivity index (χ3v) is 19.3. The van der Waals surface area contributed by atoms with E-state index in [1.807, 2.05) is 0 Å². The van der Waals surface area contributed by atoms with Crippen LogP contribution in [-0.2, 0) is 33.2 Å². The number of ether oxygens (including phenoxy) is 7. The van der Waals surface area contributed by atoms with Crippen molar-refractivity contribution in [2.75, 3.05) is 13.2 Å². The van der Waals surface area contributed by atoms with E-state index in [4.69, 9.17) is 33.2 Å². The predicted molar refractivity (Wildman–Crippen MR) is 219 cm³/mol. The summed E-state index contributed by atoms with van der Waals surface area (Å²) in [7, 11) is 0. The third kappa shape index (κ3) is 6.94. The summed E-state index contributed by atoms with van der Waals surface area (Å²) in [4.78, 5) is 0. The van der Waals surface area contributed by atoms with Gasteiger partial charge in [-0.3, -0.25) is 0 Å². The van der Waals surface area contributed by atoms with Crippen molar-refractivity contribution in [3.63, 3.8) is 0 Å². The minimum absolute atomic E-state index is 0.0959. The van der Waals surface area contributed by atoms with Gasteiger partial charge in [-0.15, -0.1) is 0 Å². The summed E-state index contributed by atoms with van der Waals surface area (Å²) < 4.78 is 44.4. The van der Waals surface area contributed by atoms with Crippen LogP contribution in [0.2, 0.25) is 0 Å². The fourth-order valence-corrected chi connectivity index (χ4v) is 16.0. The lowest BCUT2D eigenvalue weighted by Crippen LogP contribution is -2.65. The molecular weight excluding hydrogens is 824 g/mol. The van der Waals surface area contributed by atoms with Crippen LogP contribution in [0.3, 0.4) is 0 Å². The predicted octanol–water partition coefficient (Wildman–Crippen LogP) is 0.215. The van der Waals surface area contributed by atoms with Crippen molar-refractivity contribution in [3.05, 3.63) is 0 Å². The van der Waals surface area contributed by atoms with Crippen molar-refractivity contribution in [1.29, 1.82) is 0 Å². The SMILES string of the molecule is C[C@@H]1O[C@@H](O[C@H]2[C@H](O[C@H]3CC[C@]45C[C@]46CC[C@]4(C)[C@@H]([C@@]7(C)CC[C@@H](C(C)(C)O)O7)[C@@H](O)C[C@@]4(C)[C@@H]6C[C@H](O[C@@H]4OC[C@@H](O)[C@H](O)[C@H]4O)[C@@H]5C3(C)C)OC[C@@H](O)[C@@H]2O)[C@H](O)[C@H](O)[C@H]1O. The molecule has 0 aromatic carbocycles. The topological polar surface area (TPSA) is 267 Å². The van der Waals surface area contributed by atoms with Gasteiger partial charge in [0.1, 0.15) is 54.9 Å². The van der Waals surface area contributed by atoms with E-state index in [-0.39, 0.29) is 58.7 Å². The smallest absolute Gasteiger partial charge is 0.187 e. The van der Waals surface area contributed by atoms with Crippen molar-refractivity contribution >= 4 is 0 Å². The second-order valence-corrected chi connectivity index (χ2v) is 23.4. The summed E-state index contributed by atoms with van der Waals surface area (Å²) in [6, 6.07) is 0. The van der Waals surface area contributed by atoms with Gasteiger partial charge in [-0.1, -0.05) is 27.7 Å². The lowest BCUT2D eigenvalue weighted by atomic mass is 9.41. The molecule has 362 valence electrons. The standard InChI is InChI=1S/C46H76O17/c1-20-28(50)31(53)33(55)38(59-20)62-34-30(52)23(49)18-58-39(34)61-26-10-12-46-19-45(46)14-13-42(6)35(44(8)11-9-27(63-44)41(4,5)56)21(47)16-43(42,7)25(45)15-24(36(46)40(26,2)3)60-37-32(54)29(51)22(48)17-57-37/h20-39,47-56H,9-19H2,1-8H3/t20-,21-,22+,23+,24-,25-,26-,27-,28-,29-,30-,31+,32+,33+,34+,35-,36+,37-,38-,39-,42+,43-,44+,45-,46+/m0/s1. The average molecular weight is 901 g/mol. The van der Waals surface area contributed by atoms with Gasteiger partial charge in [0.25, 0.3) is 0 Å². The van der Waals surface area contributed by atoms with Crippen molar-refractivity contribution in [2.45, 2.75) is 229 Å². The third-order valence-electron chi connectivity index (χ3n) is 19.3. The van der Waals surface area contributed by atoms with Crippen LogP contribution < -0.4 is 0 Å². The van der Waals surface area contributed by atoms with Gasteiger partial charge >= 0.3 is 0 Å². The van der Waals surface area contributed by atoms with Crippen LogP contribution in [0.5, 0.6) is 0 Å². The summed E-state index contributed by atoms with van der Waals surface area (Å²) in [6.07, 6.45) is -13.3. The maximum absolute atomic E-state index is 12.3. The fourth-order valence-electron chi connectivity index (χ4n) is 16.0. The summed E-state index contributed by atoms with van der Waals surface area (Å²) in [6.45, 7) is 15.6. The minimum Gasteiger partial charge on any atom is -0.393 e. The fraction of sp³-hybridized carbons (Fsp3) is 1.00. The maximum Gasteiger partial charge on any atom is 0.187 e. The summed E-state index contributed by atoms with van der Waals surface area (Å²) in [5, 5.41) is 109. The van der Waals surface area contributed by atoms with Gasteiger partial charge in [0, 0.05) is 5.92 Å².